The van der Waals surface area contributed by atoms with Crippen LogP contribution < -0.4 is 10.6 Å². The first-order chi connectivity index (χ1) is 9.46. The number of rotatable bonds is 6. The van der Waals surface area contributed by atoms with Crippen LogP contribution in [0.5, 0.6) is 0 Å². The molecule has 0 bridgehead atoms. The molecule has 21 heavy (non-hydrogen) atoms. The average Bonchev–Trinajstić information content (AvgIpc) is 2.41. The first-order valence-electron chi connectivity index (χ1n) is 7.72. The van der Waals surface area contributed by atoms with Crippen LogP contribution in [0.4, 0.5) is 0 Å². The van der Waals surface area contributed by atoms with Gasteiger partial charge in [0.2, 0.25) is 0 Å². The monoisotopic (exact) mass is 431 g/mol. The first-order valence-corrected chi connectivity index (χ1v) is 9.54. The maximum Gasteiger partial charge on any atom is 0.191 e. The smallest absolute Gasteiger partial charge is 0.191 e. The largest absolute Gasteiger partial charge is 0.357 e. The summed E-state index contributed by atoms with van der Waals surface area (Å²) in [5.74, 6) is 1.88. The molecule has 0 atom stereocenters. The van der Waals surface area contributed by atoms with Gasteiger partial charge < -0.3 is 10.6 Å². The van der Waals surface area contributed by atoms with E-state index in [2.05, 4.69) is 22.5 Å². The van der Waals surface area contributed by atoms with Gasteiger partial charge in [0, 0.05) is 18.3 Å². The van der Waals surface area contributed by atoms with E-state index in [1.807, 2.05) is 6.92 Å². The number of guanidine groups is 1. The molecule has 7 heteroatoms. The molecule has 1 saturated carbocycles. The summed E-state index contributed by atoms with van der Waals surface area (Å²) in [5, 5.41) is 6.62. The Balaban J connectivity index is 0.00000400. The third kappa shape index (κ3) is 8.85. The molecule has 5 nitrogen and oxygen atoms in total. The zero-order valence-electron chi connectivity index (χ0n) is 13.4. The Morgan fingerprint density at radius 1 is 1.19 bits per heavy atom. The van der Waals surface area contributed by atoms with E-state index in [-0.39, 0.29) is 35.5 Å². The van der Waals surface area contributed by atoms with Crippen molar-refractivity contribution >= 4 is 39.8 Å². The average molecular weight is 431 g/mol. The van der Waals surface area contributed by atoms with Crippen LogP contribution >= 0.6 is 24.0 Å². The predicted octanol–water partition coefficient (Wildman–Crippen LogP) is 2.17. The molecule has 0 aromatic carbocycles. The minimum absolute atomic E-state index is 0. The Morgan fingerprint density at radius 2 is 1.81 bits per heavy atom. The summed E-state index contributed by atoms with van der Waals surface area (Å²) < 4.78 is 22.9. The zero-order chi connectivity index (χ0) is 15.0. The Hall–Kier alpha value is -0.0500. The molecule has 0 heterocycles. The van der Waals surface area contributed by atoms with Crippen LogP contribution in [-0.2, 0) is 9.84 Å². The van der Waals surface area contributed by atoms with Gasteiger partial charge in [-0.2, -0.15) is 0 Å². The highest BCUT2D eigenvalue weighted by molar-refractivity contribution is 14.0. The molecular weight excluding hydrogens is 401 g/mol. The van der Waals surface area contributed by atoms with Crippen LogP contribution in [0.2, 0.25) is 0 Å². The molecule has 0 aliphatic heterocycles. The van der Waals surface area contributed by atoms with Crippen molar-refractivity contribution in [2.45, 2.75) is 52.5 Å². The van der Waals surface area contributed by atoms with E-state index >= 15 is 0 Å². The van der Waals surface area contributed by atoms with E-state index in [1.165, 1.54) is 25.7 Å². The molecule has 0 unspecified atom stereocenters. The van der Waals surface area contributed by atoms with Gasteiger partial charge in [-0.3, -0.25) is 4.99 Å². The van der Waals surface area contributed by atoms with E-state index in [0.717, 1.165) is 18.4 Å². The lowest BCUT2D eigenvalue weighted by atomic mass is 9.87. The highest BCUT2D eigenvalue weighted by Crippen LogP contribution is 2.23. The Kier molecular flexibility index (Phi) is 10.6. The highest BCUT2D eigenvalue weighted by Gasteiger charge is 2.18. The van der Waals surface area contributed by atoms with Gasteiger partial charge >= 0.3 is 0 Å². The molecular formula is C14H30IN3O2S. The summed E-state index contributed by atoms with van der Waals surface area (Å²) in [6.07, 6.45) is 4.83. The molecule has 1 fully saturated rings. The number of sulfone groups is 1. The maximum atomic E-state index is 11.5. The third-order valence-electron chi connectivity index (χ3n) is 3.81. The van der Waals surface area contributed by atoms with Gasteiger partial charge in [-0.05, 0) is 38.5 Å². The Morgan fingerprint density at radius 3 is 2.33 bits per heavy atom. The van der Waals surface area contributed by atoms with E-state index in [4.69, 9.17) is 0 Å². The lowest BCUT2D eigenvalue weighted by Crippen LogP contribution is -2.45. The Labute approximate surface area is 146 Å². The molecule has 0 amide bonds. The number of nitrogens with one attached hydrogen (secondary N) is 2. The van der Waals surface area contributed by atoms with Crippen molar-refractivity contribution in [1.82, 2.24) is 10.6 Å². The van der Waals surface area contributed by atoms with Crippen molar-refractivity contribution in [2.75, 3.05) is 24.6 Å². The summed E-state index contributed by atoms with van der Waals surface area (Å²) in [4.78, 5) is 4.37. The molecule has 0 aromatic heterocycles. The van der Waals surface area contributed by atoms with Crippen LogP contribution in [0.25, 0.3) is 0 Å². The predicted molar refractivity (Wildman–Crippen MR) is 100 cm³/mol. The molecule has 0 spiro atoms. The molecule has 1 rings (SSSR count). The lowest BCUT2D eigenvalue weighted by Gasteiger charge is -2.28. The molecule has 2 N–H and O–H groups in total. The minimum Gasteiger partial charge on any atom is -0.357 e. The summed E-state index contributed by atoms with van der Waals surface area (Å²) in [7, 11) is -2.93. The van der Waals surface area contributed by atoms with Gasteiger partial charge in [-0.1, -0.05) is 13.8 Å². The van der Waals surface area contributed by atoms with E-state index in [0.29, 0.717) is 12.6 Å². The van der Waals surface area contributed by atoms with Crippen LogP contribution in [-0.4, -0.2) is 45.0 Å². The first kappa shape index (κ1) is 20.9. The molecule has 0 aromatic rings. The van der Waals surface area contributed by atoms with Crippen LogP contribution in [0.3, 0.4) is 0 Å². The summed E-state index contributed by atoms with van der Waals surface area (Å²) in [6, 6.07) is 0.465. The normalized spacial score (nSPS) is 23.3. The van der Waals surface area contributed by atoms with Crippen molar-refractivity contribution in [3.8, 4) is 0 Å². The number of hydrogen-bond acceptors (Lipinski definition) is 3. The van der Waals surface area contributed by atoms with E-state index in [1.54, 1.807) is 6.92 Å². The molecule has 0 saturated heterocycles. The number of hydrogen-bond donors (Lipinski definition) is 2. The van der Waals surface area contributed by atoms with Gasteiger partial charge in [-0.15, -0.1) is 24.0 Å². The quantitative estimate of drug-likeness (QED) is 0.384. The van der Waals surface area contributed by atoms with Gasteiger partial charge in [0.1, 0.15) is 0 Å². The molecule has 1 aliphatic rings. The second kappa shape index (κ2) is 10.6. The van der Waals surface area contributed by atoms with Crippen LogP contribution in [0.15, 0.2) is 4.99 Å². The second-order valence-corrected chi connectivity index (χ2v) is 8.07. The van der Waals surface area contributed by atoms with Gasteiger partial charge in [0.05, 0.1) is 12.3 Å². The Bertz CT molecular complexity index is 404. The zero-order valence-corrected chi connectivity index (χ0v) is 16.5. The van der Waals surface area contributed by atoms with Gasteiger partial charge in [0.15, 0.2) is 15.8 Å². The molecule has 1 aliphatic carbocycles. The van der Waals surface area contributed by atoms with Gasteiger partial charge in [0.25, 0.3) is 0 Å². The third-order valence-corrected chi connectivity index (χ3v) is 5.50. The number of halogens is 1. The fourth-order valence-electron chi connectivity index (χ4n) is 2.36. The van der Waals surface area contributed by atoms with Crippen molar-refractivity contribution in [1.29, 1.82) is 0 Å². The van der Waals surface area contributed by atoms with Crippen LogP contribution in [0.1, 0.15) is 46.5 Å². The SMILES string of the molecule is CCNC(=NCCS(=O)(=O)CC)NC1CCC(C)CC1.I. The topological polar surface area (TPSA) is 70.6 Å². The minimum atomic E-state index is -2.93. The highest BCUT2D eigenvalue weighted by atomic mass is 127. The van der Waals surface area contributed by atoms with Gasteiger partial charge in [-0.25, -0.2) is 8.42 Å². The lowest BCUT2D eigenvalue weighted by molar-refractivity contribution is 0.329. The summed E-state index contributed by atoms with van der Waals surface area (Å²) in [6.45, 7) is 7.10. The standard InChI is InChI=1S/C14H29N3O2S.HI/c1-4-15-14(16-10-11-20(18,19)5-2)17-13-8-6-12(3)7-9-13;/h12-13H,4-11H2,1-3H3,(H2,15,16,17);1H. The summed E-state index contributed by atoms with van der Waals surface area (Å²) in [5.41, 5.74) is 0. The molecule has 126 valence electrons. The van der Waals surface area contributed by atoms with Crippen molar-refractivity contribution < 1.29 is 8.42 Å². The number of aliphatic imine (C=N–C) groups is 1. The second-order valence-electron chi connectivity index (χ2n) is 5.60. The van der Waals surface area contributed by atoms with E-state index in [9.17, 15) is 8.42 Å². The fourth-order valence-corrected chi connectivity index (χ4v) is 3.02. The summed E-state index contributed by atoms with van der Waals surface area (Å²) >= 11 is 0. The van der Waals surface area contributed by atoms with Crippen molar-refractivity contribution in [3.63, 3.8) is 0 Å². The molecule has 0 radical (unpaired) electrons. The van der Waals surface area contributed by atoms with Crippen molar-refractivity contribution in [3.05, 3.63) is 0 Å². The van der Waals surface area contributed by atoms with E-state index < -0.39 is 9.84 Å². The van der Waals surface area contributed by atoms with Crippen LogP contribution in [0, 0.1) is 5.92 Å². The maximum absolute atomic E-state index is 11.5. The van der Waals surface area contributed by atoms with Crippen molar-refractivity contribution in [2.24, 2.45) is 10.9 Å². The fraction of sp³-hybridized carbons (Fsp3) is 0.929. The number of nitrogens with zero attached hydrogens (tertiary/aromatic N) is 1.